The fraction of sp³-hybridized carbons (Fsp3) is 0.333. The van der Waals surface area contributed by atoms with Crippen LogP contribution in [-0.2, 0) is 0 Å². The van der Waals surface area contributed by atoms with Crippen LogP contribution in [0.4, 0.5) is 0 Å². The van der Waals surface area contributed by atoms with Gasteiger partial charge < -0.3 is 0 Å². The lowest BCUT2D eigenvalue weighted by atomic mass is 10.1. The topological polar surface area (TPSA) is 0 Å². The van der Waals surface area contributed by atoms with E-state index < -0.39 is 0 Å². The highest BCUT2D eigenvalue weighted by Crippen LogP contribution is 2.36. The second-order valence-electron chi connectivity index (χ2n) is 3.49. The molecular weight excluding hydrogens is 144 g/mol. The monoisotopic (exact) mass is 160 g/mol. The zero-order valence-electron chi connectivity index (χ0n) is 7.77. The van der Waals surface area contributed by atoms with Gasteiger partial charge in [0.2, 0.25) is 0 Å². The summed E-state index contributed by atoms with van der Waals surface area (Å²) < 4.78 is 0. The minimum absolute atomic E-state index is 0.749. The van der Waals surface area contributed by atoms with E-state index in [4.69, 9.17) is 0 Å². The van der Waals surface area contributed by atoms with E-state index in [1.54, 1.807) is 0 Å². The van der Waals surface area contributed by atoms with Crippen molar-refractivity contribution in [1.82, 2.24) is 0 Å². The minimum atomic E-state index is 0.749. The summed E-state index contributed by atoms with van der Waals surface area (Å²) in [5.74, 6) is 0.749. The van der Waals surface area contributed by atoms with Gasteiger partial charge in [-0.2, -0.15) is 0 Å². The average Bonchev–Trinajstić information content (AvgIpc) is 2.81. The molecule has 0 aromatic rings. The van der Waals surface area contributed by atoms with Gasteiger partial charge in [-0.05, 0) is 31.3 Å². The van der Waals surface area contributed by atoms with E-state index in [9.17, 15) is 0 Å². The summed E-state index contributed by atoms with van der Waals surface area (Å²) in [5.41, 5.74) is 3.25. The first kappa shape index (κ1) is 9.05. The maximum atomic E-state index is 3.99. The maximum absolute atomic E-state index is 3.99. The molecule has 0 heterocycles. The van der Waals surface area contributed by atoms with Crippen LogP contribution in [0.3, 0.4) is 0 Å². The Kier molecular flexibility index (Phi) is 2.69. The van der Waals surface area contributed by atoms with Crippen LogP contribution in [0.15, 0.2) is 48.6 Å². The summed E-state index contributed by atoms with van der Waals surface area (Å²) in [7, 11) is 0. The molecule has 0 saturated heterocycles. The molecule has 0 aliphatic heterocycles. The zero-order valence-corrected chi connectivity index (χ0v) is 7.77. The average molecular weight is 160 g/mol. The van der Waals surface area contributed by atoms with Gasteiger partial charge in [-0.1, -0.05) is 43.0 Å². The predicted molar refractivity (Wildman–Crippen MR) is 55.0 cm³/mol. The summed E-state index contributed by atoms with van der Waals surface area (Å²) in [5, 5.41) is 0. The van der Waals surface area contributed by atoms with E-state index in [-0.39, 0.29) is 0 Å². The van der Waals surface area contributed by atoms with Crippen LogP contribution in [0.2, 0.25) is 0 Å². The van der Waals surface area contributed by atoms with Crippen LogP contribution in [0, 0.1) is 5.92 Å². The first-order chi connectivity index (χ1) is 5.61. The molecule has 1 aliphatic carbocycles. The molecule has 1 fully saturated rings. The highest BCUT2D eigenvalue weighted by Gasteiger charge is 2.22. The summed E-state index contributed by atoms with van der Waals surface area (Å²) in [6, 6.07) is 0. The van der Waals surface area contributed by atoms with Crippen LogP contribution in [0.1, 0.15) is 19.8 Å². The number of allylic oxidation sites excluding steroid dienone is 5. The fourth-order valence-electron chi connectivity index (χ4n) is 0.940. The van der Waals surface area contributed by atoms with Crippen molar-refractivity contribution in [3.63, 3.8) is 0 Å². The molecule has 0 aromatic carbocycles. The molecule has 1 rings (SSSR count). The molecule has 0 nitrogen and oxygen atoms in total. The predicted octanol–water partition coefficient (Wildman–Crippen LogP) is 3.64. The number of hydrogen-bond acceptors (Lipinski definition) is 0. The van der Waals surface area contributed by atoms with Crippen LogP contribution < -0.4 is 0 Å². The van der Waals surface area contributed by atoms with Crippen LogP contribution in [0.5, 0.6) is 0 Å². The van der Waals surface area contributed by atoms with Crippen molar-refractivity contribution in [2.24, 2.45) is 5.92 Å². The molecule has 0 bridgehead atoms. The largest absolute Gasteiger partial charge is 0.0955 e. The standard InChI is InChI=1S/C12H16/c1-9(2)10(3)5-6-11(4)12-7-8-12/h5-6,12H,1,3-4,7-8H2,2H3/b6-5-. The first-order valence-corrected chi connectivity index (χ1v) is 4.33. The van der Waals surface area contributed by atoms with Crippen molar-refractivity contribution in [3.8, 4) is 0 Å². The fourth-order valence-corrected chi connectivity index (χ4v) is 0.940. The Labute approximate surface area is 75.0 Å². The van der Waals surface area contributed by atoms with Gasteiger partial charge in [-0.3, -0.25) is 0 Å². The highest BCUT2D eigenvalue weighted by molar-refractivity contribution is 5.37. The Morgan fingerprint density at radius 2 is 1.75 bits per heavy atom. The lowest BCUT2D eigenvalue weighted by Crippen LogP contribution is -1.79. The zero-order chi connectivity index (χ0) is 9.14. The molecule has 0 amide bonds. The lowest BCUT2D eigenvalue weighted by Gasteiger charge is -1.97. The van der Waals surface area contributed by atoms with Crippen molar-refractivity contribution in [2.75, 3.05) is 0 Å². The second kappa shape index (κ2) is 3.57. The SMILES string of the molecule is C=C(C)C(=C)/C=C\C(=C)C1CC1. The van der Waals surface area contributed by atoms with Gasteiger partial charge >= 0.3 is 0 Å². The van der Waals surface area contributed by atoms with Crippen LogP contribution in [-0.4, -0.2) is 0 Å². The van der Waals surface area contributed by atoms with Crippen LogP contribution >= 0.6 is 0 Å². The molecule has 0 radical (unpaired) electrons. The normalized spacial score (nSPS) is 16.4. The van der Waals surface area contributed by atoms with E-state index in [1.165, 1.54) is 18.4 Å². The molecule has 1 aliphatic rings. The van der Waals surface area contributed by atoms with E-state index >= 15 is 0 Å². The van der Waals surface area contributed by atoms with Crippen molar-refractivity contribution in [3.05, 3.63) is 48.6 Å². The highest BCUT2D eigenvalue weighted by atomic mass is 14.3. The Balaban J connectivity index is 2.43. The van der Waals surface area contributed by atoms with Crippen molar-refractivity contribution in [2.45, 2.75) is 19.8 Å². The molecule has 0 unspecified atom stereocenters. The summed E-state index contributed by atoms with van der Waals surface area (Å²) in [6.07, 6.45) is 6.68. The van der Waals surface area contributed by atoms with Gasteiger partial charge in [-0.25, -0.2) is 0 Å². The lowest BCUT2D eigenvalue weighted by molar-refractivity contribution is 1.06. The van der Waals surface area contributed by atoms with E-state index in [0.29, 0.717) is 0 Å². The van der Waals surface area contributed by atoms with E-state index in [2.05, 4.69) is 25.8 Å². The first-order valence-electron chi connectivity index (χ1n) is 4.33. The molecule has 64 valence electrons. The third-order valence-corrected chi connectivity index (χ3v) is 2.15. The Morgan fingerprint density at radius 1 is 1.17 bits per heavy atom. The molecule has 0 atom stereocenters. The third kappa shape index (κ3) is 2.54. The molecule has 0 aromatic heterocycles. The van der Waals surface area contributed by atoms with Crippen molar-refractivity contribution >= 4 is 0 Å². The van der Waals surface area contributed by atoms with Gasteiger partial charge in [0.1, 0.15) is 0 Å². The van der Waals surface area contributed by atoms with E-state index in [1.807, 2.05) is 13.0 Å². The molecule has 12 heavy (non-hydrogen) atoms. The summed E-state index contributed by atoms with van der Waals surface area (Å²) in [4.78, 5) is 0. The Hall–Kier alpha value is -1.04. The number of hydrogen-bond donors (Lipinski definition) is 0. The molecule has 0 spiro atoms. The quantitative estimate of drug-likeness (QED) is 0.551. The molecule has 1 saturated carbocycles. The van der Waals surface area contributed by atoms with Crippen molar-refractivity contribution in [1.29, 1.82) is 0 Å². The molecule has 0 N–H and O–H groups in total. The third-order valence-electron chi connectivity index (χ3n) is 2.15. The molecular formula is C12H16. The van der Waals surface area contributed by atoms with Gasteiger partial charge in [0.15, 0.2) is 0 Å². The van der Waals surface area contributed by atoms with E-state index in [0.717, 1.165) is 17.1 Å². The minimum Gasteiger partial charge on any atom is -0.0955 e. The Morgan fingerprint density at radius 3 is 2.17 bits per heavy atom. The number of rotatable bonds is 4. The summed E-state index contributed by atoms with van der Waals surface area (Å²) in [6.45, 7) is 13.6. The maximum Gasteiger partial charge on any atom is -0.0167 e. The van der Waals surface area contributed by atoms with Gasteiger partial charge in [0.25, 0.3) is 0 Å². The van der Waals surface area contributed by atoms with Gasteiger partial charge in [0, 0.05) is 0 Å². The summed E-state index contributed by atoms with van der Waals surface area (Å²) >= 11 is 0. The van der Waals surface area contributed by atoms with Gasteiger partial charge in [0.05, 0.1) is 0 Å². The Bertz CT molecular complexity index is 249. The second-order valence-corrected chi connectivity index (χ2v) is 3.49. The van der Waals surface area contributed by atoms with Crippen molar-refractivity contribution < 1.29 is 0 Å². The van der Waals surface area contributed by atoms with Crippen LogP contribution in [0.25, 0.3) is 0 Å². The molecule has 0 heteroatoms. The van der Waals surface area contributed by atoms with Gasteiger partial charge in [-0.15, -0.1) is 0 Å². The smallest absolute Gasteiger partial charge is 0.0167 e.